The Balaban J connectivity index is 1.73. The summed E-state index contributed by atoms with van der Waals surface area (Å²) in [6.45, 7) is 4.56. The van der Waals surface area contributed by atoms with Crippen LogP contribution in [0.5, 0.6) is 0 Å². The van der Waals surface area contributed by atoms with Crippen molar-refractivity contribution in [3.63, 3.8) is 0 Å². The van der Waals surface area contributed by atoms with E-state index in [0.717, 1.165) is 22.4 Å². The number of fused-ring (bicyclic) bond motifs is 1. The molecule has 0 fully saturated rings. The maximum Gasteiger partial charge on any atom is 0.307 e. The van der Waals surface area contributed by atoms with Crippen LogP contribution in [0.25, 0.3) is 11.0 Å². The van der Waals surface area contributed by atoms with Crippen LogP contribution >= 0.6 is 0 Å². The van der Waals surface area contributed by atoms with Crippen LogP contribution in [0.1, 0.15) is 24.7 Å². The number of imidazole rings is 1. The van der Waals surface area contributed by atoms with E-state index in [0.29, 0.717) is 6.54 Å². The Morgan fingerprint density at radius 2 is 1.93 bits per heavy atom. The van der Waals surface area contributed by atoms with E-state index < -0.39 is 16.0 Å². The maximum atomic E-state index is 12.7. The predicted molar refractivity (Wildman–Crippen MR) is 109 cm³/mol. The second-order valence-electron chi connectivity index (χ2n) is 6.64. The quantitative estimate of drug-likeness (QED) is 0.523. The summed E-state index contributed by atoms with van der Waals surface area (Å²) in [5.74, 6) is 0.450. The standard InChI is InChI=1S/C20H24N4O4S/c1-4-28-20(25)10-12-23(3)29(26,27)17-7-5-16(6-8-17)14-24-15(2)22-18-13-21-11-9-19(18)24/h5-9,11,13H,4,10,12,14H2,1-3H3. The van der Waals surface area contributed by atoms with Crippen molar-refractivity contribution in [2.24, 2.45) is 0 Å². The molecule has 154 valence electrons. The average molecular weight is 417 g/mol. The predicted octanol–water partition coefficient (Wildman–Crippen LogP) is 2.36. The number of carbonyl (C=O) groups excluding carboxylic acids is 1. The molecule has 1 aromatic carbocycles. The monoisotopic (exact) mass is 416 g/mol. The number of carbonyl (C=O) groups is 1. The van der Waals surface area contributed by atoms with Gasteiger partial charge >= 0.3 is 5.97 Å². The van der Waals surface area contributed by atoms with Gasteiger partial charge in [-0.3, -0.25) is 9.78 Å². The fraction of sp³-hybridized carbons (Fsp3) is 0.350. The normalized spacial score (nSPS) is 11.9. The number of hydrogen-bond donors (Lipinski definition) is 0. The largest absolute Gasteiger partial charge is 0.466 e. The Labute approximate surface area is 170 Å². The number of pyridine rings is 1. The number of sulfonamides is 1. The van der Waals surface area contributed by atoms with Crippen molar-refractivity contribution in [1.29, 1.82) is 0 Å². The van der Waals surface area contributed by atoms with Crippen LogP contribution in [-0.2, 0) is 26.1 Å². The molecule has 0 bridgehead atoms. The highest BCUT2D eigenvalue weighted by atomic mass is 32.2. The number of nitrogens with zero attached hydrogens (tertiary/aromatic N) is 4. The van der Waals surface area contributed by atoms with Gasteiger partial charge in [-0.2, -0.15) is 0 Å². The average Bonchev–Trinajstić information content (AvgIpc) is 3.02. The molecule has 0 saturated heterocycles. The van der Waals surface area contributed by atoms with Gasteiger partial charge in [0.05, 0.1) is 29.6 Å². The van der Waals surface area contributed by atoms with E-state index in [-0.39, 0.29) is 24.5 Å². The zero-order chi connectivity index (χ0) is 21.0. The smallest absolute Gasteiger partial charge is 0.307 e. The van der Waals surface area contributed by atoms with Crippen molar-refractivity contribution in [2.75, 3.05) is 20.2 Å². The molecule has 0 radical (unpaired) electrons. The van der Waals surface area contributed by atoms with Crippen LogP contribution in [0.4, 0.5) is 0 Å². The molecule has 0 unspecified atom stereocenters. The third kappa shape index (κ3) is 4.63. The SMILES string of the molecule is CCOC(=O)CCN(C)S(=O)(=O)c1ccc(Cn2c(C)nc3cnccc32)cc1. The number of benzene rings is 1. The summed E-state index contributed by atoms with van der Waals surface area (Å²) in [4.78, 5) is 20.2. The zero-order valence-corrected chi connectivity index (χ0v) is 17.5. The summed E-state index contributed by atoms with van der Waals surface area (Å²) in [5, 5.41) is 0. The number of aromatic nitrogens is 3. The van der Waals surface area contributed by atoms with Gasteiger partial charge in [-0.1, -0.05) is 12.1 Å². The van der Waals surface area contributed by atoms with Crippen molar-refractivity contribution < 1.29 is 17.9 Å². The first-order chi connectivity index (χ1) is 13.8. The summed E-state index contributed by atoms with van der Waals surface area (Å²) in [7, 11) is -2.22. The molecule has 29 heavy (non-hydrogen) atoms. The highest BCUT2D eigenvalue weighted by Crippen LogP contribution is 2.19. The van der Waals surface area contributed by atoms with Crippen LogP contribution in [0.3, 0.4) is 0 Å². The third-order valence-corrected chi connectivity index (χ3v) is 6.52. The number of aryl methyl sites for hydroxylation is 1. The molecule has 0 aliphatic heterocycles. The Morgan fingerprint density at radius 1 is 1.21 bits per heavy atom. The molecule has 0 N–H and O–H groups in total. The zero-order valence-electron chi connectivity index (χ0n) is 16.7. The van der Waals surface area contributed by atoms with Gasteiger partial charge in [0.15, 0.2) is 0 Å². The van der Waals surface area contributed by atoms with Gasteiger partial charge in [-0.15, -0.1) is 0 Å². The fourth-order valence-electron chi connectivity index (χ4n) is 3.03. The van der Waals surface area contributed by atoms with Crippen LogP contribution in [-0.4, -0.2) is 53.4 Å². The molecule has 0 aliphatic carbocycles. The number of ether oxygens (including phenoxy) is 1. The van der Waals surface area contributed by atoms with E-state index in [9.17, 15) is 13.2 Å². The Morgan fingerprint density at radius 3 is 2.62 bits per heavy atom. The first-order valence-corrected chi connectivity index (χ1v) is 10.7. The van der Waals surface area contributed by atoms with E-state index in [1.807, 2.05) is 13.0 Å². The van der Waals surface area contributed by atoms with E-state index in [2.05, 4.69) is 14.5 Å². The summed E-state index contributed by atoms with van der Waals surface area (Å²) < 4.78 is 33.5. The molecular formula is C20H24N4O4S. The lowest BCUT2D eigenvalue weighted by molar-refractivity contribution is -0.143. The molecule has 2 aromatic heterocycles. The van der Waals surface area contributed by atoms with Gasteiger partial charge < -0.3 is 9.30 Å². The van der Waals surface area contributed by atoms with Crippen LogP contribution in [0.2, 0.25) is 0 Å². The molecule has 0 aliphatic rings. The summed E-state index contributed by atoms with van der Waals surface area (Å²) in [6, 6.07) is 8.66. The minimum atomic E-state index is -3.67. The van der Waals surface area contributed by atoms with Crippen LogP contribution in [0.15, 0.2) is 47.6 Å². The molecule has 0 atom stereocenters. The summed E-state index contributed by atoms with van der Waals surface area (Å²) in [6.07, 6.45) is 3.46. The van der Waals surface area contributed by atoms with Crippen molar-refractivity contribution in [1.82, 2.24) is 18.8 Å². The van der Waals surface area contributed by atoms with Gasteiger partial charge in [0.1, 0.15) is 11.3 Å². The van der Waals surface area contributed by atoms with E-state index in [4.69, 9.17) is 4.74 Å². The number of esters is 1. The summed E-state index contributed by atoms with van der Waals surface area (Å²) in [5.41, 5.74) is 2.76. The molecule has 0 saturated carbocycles. The van der Waals surface area contributed by atoms with Crippen LogP contribution in [0, 0.1) is 6.92 Å². The van der Waals surface area contributed by atoms with Crippen molar-refractivity contribution in [3.8, 4) is 0 Å². The first-order valence-electron chi connectivity index (χ1n) is 9.30. The van der Waals surface area contributed by atoms with Gasteiger partial charge in [0.2, 0.25) is 10.0 Å². The minimum Gasteiger partial charge on any atom is -0.466 e. The third-order valence-electron chi connectivity index (χ3n) is 4.65. The number of rotatable bonds is 8. The highest BCUT2D eigenvalue weighted by molar-refractivity contribution is 7.89. The van der Waals surface area contributed by atoms with Gasteiger partial charge in [-0.05, 0) is 37.6 Å². The fourth-order valence-corrected chi connectivity index (χ4v) is 4.20. The first kappa shape index (κ1) is 20.9. The topological polar surface area (TPSA) is 94.4 Å². The maximum absolute atomic E-state index is 12.7. The lowest BCUT2D eigenvalue weighted by Crippen LogP contribution is -2.29. The van der Waals surface area contributed by atoms with Crippen molar-refractivity contribution >= 4 is 27.0 Å². The Kier molecular flexibility index (Phi) is 6.29. The molecular weight excluding hydrogens is 392 g/mol. The molecule has 2 heterocycles. The molecule has 9 heteroatoms. The lowest BCUT2D eigenvalue weighted by Gasteiger charge is -2.17. The van der Waals surface area contributed by atoms with E-state index >= 15 is 0 Å². The van der Waals surface area contributed by atoms with Gasteiger partial charge in [-0.25, -0.2) is 17.7 Å². The summed E-state index contributed by atoms with van der Waals surface area (Å²) >= 11 is 0. The highest BCUT2D eigenvalue weighted by Gasteiger charge is 2.21. The van der Waals surface area contributed by atoms with Crippen LogP contribution < -0.4 is 0 Å². The van der Waals surface area contributed by atoms with Gasteiger partial charge in [0.25, 0.3) is 0 Å². The van der Waals surface area contributed by atoms with Crippen molar-refractivity contribution in [2.45, 2.75) is 31.7 Å². The molecule has 0 spiro atoms. The second kappa shape index (κ2) is 8.71. The minimum absolute atomic E-state index is 0.0174. The van der Waals surface area contributed by atoms with E-state index in [1.165, 1.54) is 11.4 Å². The molecule has 3 aromatic rings. The lowest BCUT2D eigenvalue weighted by atomic mass is 10.2. The molecule has 0 amide bonds. The van der Waals surface area contributed by atoms with E-state index in [1.54, 1.807) is 43.6 Å². The van der Waals surface area contributed by atoms with Crippen molar-refractivity contribution in [3.05, 3.63) is 54.1 Å². The second-order valence-corrected chi connectivity index (χ2v) is 8.68. The Bertz CT molecular complexity index is 1110. The molecule has 8 nitrogen and oxygen atoms in total. The Hall–Kier alpha value is -2.78. The molecule has 3 rings (SSSR count). The number of hydrogen-bond acceptors (Lipinski definition) is 6. The van der Waals surface area contributed by atoms with Gasteiger partial charge in [0, 0.05) is 26.3 Å².